The van der Waals surface area contributed by atoms with Gasteiger partial charge in [-0.05, 0) is 25.0 Å². The second-order valence-electron chi connectivity index (χ2n) is 5.05. The minimum atomic E-state index is -0.763. The van der Waals surface area contributed by atoms with Crippen LogP contribution in [0.3, 0.4) is 0 Å². The Kier molecular flexibility index (Phi) is 3.95. The number of hydrogen-bond acceptors (Lipinski definition) is 4. The molecule has 0 unspecified atom stereocenters. The van der Waals surface area contributed by atoms with Crippen LogP contribution in [0.15, 0.2) is 18.2 Å². The molecule has 1 aromatic carbocycles. The number of carbonyl (C=O) groups is 1. The zero-order chi connectivity index (χ0) is 15.0. The van der Waals surface area contributed by atoms with Gasteiger partial charge in [0.1, 0.15) is 10.7 Å². The van der Waals surface area contributed by atoms with E-state index in [4.69, 9.17) is 5.73 Å². The lowest BCUT2D eigenvalue weighted by Gasteiger charge is -2.22. The van der Waals surface area contributed by atoms with E-state index in [1.165, 1.54) is 17.4 Å². The molecule has 0 atom stereocenters. The summed E-state index contributed by atoms with van der Waals surface area (Å²) in [6.07, 6.45) is 1.41. The minimum absolute atomic E-state index is 0.0182. The highest BCUT2D eigenvalue weighted by atomic mass is 32.2. The molecule has 1 aliphatic rings. The Labute approximate surface area is 128 Å². The van der Waals surface area contributed by atoms with Crippen molar-refractivity contribution in [1.82, 2.24) is 5.32 Å². The zero-order valence-electron chi connectivity index (χ0n) is 11.2. The van der Waals surface area contributed by atoms with Crippen molar-refractivity contribution in [2.45, 2.75) is 18.9 Å². The molecule has 21 heavy (non-hydrogen) atoms. The van der Waals surface area contributed by atoms with E-state index >= 15 is 0 Å². The fraction of sp³-hybridized carbons (Fsp3) is 0.357. The van der Waals surface area contributed by atoms with Crippen molar-refractivity contribution < 1.29 is 13.4 Å². The van der Waals surface area contributed by atoms with Crippen molar-refractivity contribution in [2.75, 3.05) is 17.2 Å². The maximum Gasteiger partial charge on any atom is 0.263 e. The van der Waals surface area contributed by atoms with Crippen LogP contribution in [0.5, 0.6) is 0 Å². The molecule has 0 radical (unpaired) electrons. The molecule has 4 nitrogen and oxygen atoms in total. The van der Waals surface area contributed by atoms with E-state index < -0.39 is 16.6 Å². The molecule has 1 saturated heterocycles. The number of thiophene rings is 1. The Bertz CT molecular complexity index is 719. The number of amides is 1. The van der Waals surface area contributed by atoms with Crippen LogP contribution in [0, 0.1) is 5.82 Å². The molecule has 0 spiro atoms. The summed E-state index contributed by atoms with van der Waals surface area (Å²) in [5.41, 5.74) is 6.13. The molecule has 1 aliphatic heterocycles. The van der Waals surface area contributed by atoms with Crippen molar-refractivity contribution in [2.24, 2.45) is 0 Å². The summed E-state index contributed by atoms with van der Waals surface area (Å²) in [6, 6.07) is 4.71. The fourth-order valence-electron chi connectivity index (χ4n) is 2.49. The number of halogens is 1. The first-order valence-corrected chi connectivity index (χ1v) is 8.99. The van der Waals surface area contributed by atoms with Crippen LogP contribution < -0.4 is 11.1 Å². The van der Waals surface area contributed by atoms with Gasteiger partial charge in [-0.3, -0.25) is 9.00 Å². The molecule has 0 aliphatic carbocycles. The van der Waals surface area contributed by atoms with Crippen LogP contribution in [0.1, 0.15) is 22.5 Å². The summed E-state index contributed by atoms with van der Waals surface area (Å²) in [5, 5.41) is 3.23. The molecule has 112 valence electrons. The molecule has 7 heteroatoms. The smallest absolute Gasteiger partial charge is 0.263 e. The number of nitrogen functional groups attached to an aromatic ring is 1. The molecule has 1 amide bonds. The predicted molar refractivity (Wildman–Crippen MR) is 84.6 cm³/mol. The third-order valence-electron chi connectivity index (χ3n) is 3.63. The summed E-state index contributed by atoms with van der Waals surface area (Å²) >= 11 is 1.20. The average molecular weight is 326 g/mol. The lowest BCUT2D eigenvalue weighted by atomic mass is 10.1. The van der Waals surface area contributed by atoms with Crippen molar-refractivity contribution in [3.63, 3.8) is 0 Å². The fourth-order valence-corrected chi connectivity index (χ4v) is 4.83. The third-order valence-corrected chi connectivity index (χ3v) is 6.18. The second kappa shape index (κ2) is 5.73. The van der Waals surface area contributed by atoms with E-state index in [1.54, 1.807) is 12.1 Å². The van der Waals surface area contributed by atoms with Gasteiger partial charge in [0.15, 0.2) is 0 Å². The Balaban J connectivity index is 1.83. The molecule has 3 rings (SSSR count). The number of carbonyl (C=O) groups excluding carboxylic acids is 1. The van der Waals surface area contributed by atoms with Crippen LogP contribution in [0.25, 0.3) is 10.1 Å². The first-order valence-electron chi connectivity index (χ1n) is 6.68. The second-order valence-corrected chi connectivity index (χ2v) is 7.80. The highest BCUT2D eigenvalue weighted by molar-refractivity contribution is 7.85. The Morgan fingerprint density at radius 2 is 2.10 bits per heavy atom. The van der Waals surface area contributed by atoms with Gasteiger partial charge in [0.25, 0.3) is 5.91 Å². The van der Waals surface area contributed by atoms with E-state index in [0.717, 1.165) is 0 Å². The SMILES string of the molecule is Nc1c(C(=O)NC2CCS(=O)CC2)sc2cccc(F)c12. The Hall–Kier alpha value is -1.47. The molecule has 1 aromatic heterocycles. The monoisotopic (exact) mass is 326 g/mol. The van der Waals surface area contributed by atoms with E-state index in [-0.39, 0.29) is 17.6 Å². The number of fused-ring (bicyclic) bond motifs is 1. The predicted octanol–water partition coefficient (Wildman–Crippen LogP) is 2.26. The van der Waals surface area contributed by atoms with Crippen LogP contribution in [0.4, 0.5) is 10.1 Å². The van der Waals surface area contributed by atoms with Gasteiger partial charge in [-0.25, -0.2) is 4.39 Å². The van der Waals surface area contributed by atoms with Gasteiger partial charge in [0.05, 0.1) is 11.1 Å². The van der Waals surface area contributed by atoms with E-state index in [9.17, 15) is 13.4 Å². The number of nitrogens with one attached hydrogen (secondary N) is 1. The summed E-state index contributed by atoms with van der Waals surface area (Å²) in [7, 11) is -0.763. The summed E-state index contributed by atoms with van der Waals surface area (Å²) in [5.74, 6) is 0.544. The number of anilines is 1. The number of hydrogen-bond donors (Lipinski definition) is 2. The number of benzene rings is 1. The summed E-state index contributed by atoms with van der Waals surface area (Å²) < 4.78 is 25.8. The molecule has 0 bridgehead atoms. The van der Waals surface area contributed by atoms with Crippen molar-refractivity contribution in [3.8, 4) is 0 Å². The van der Waals surface area contributed by atoms with Crippen molar-refractivity contribution in [3.05, 3.63) is 28.9 Å². The molecule has 2 heterocycles. The Morgan fingerprint density at radius 3 is 2.76 bits per heavy atom. The van der Waals surface area contributed by atoms with Gasteiger partial charge in [-0.2, -0.15) is 0 Å². The maximum absolute atomic E-state index is 13.8. The van der Waals surface area contributed by atoms with Gasteiger partial charge in [-0.1, -0.05) is 6.07 Å². The normalized spacial score (nSPS) is 22.3. The molecular formula is C14H15FN2O2S2. The maximum atomic E-state index is 13.8. The summed E-state index contributed by atoms with van der Waals surface area (Å²) in [4.78, 5) is 12.7. The van der Waals surface area contributed by atoms with Gasteiger partial charge in [0.2, 0.25) is 0 Å². The first kappa shape index (κ1) is 14.5. The van der Waals surface area contributed by atoms with Crippen molar-refractivity contribution in [1.29, 1.82) is 0 Å². The van der Waals surface area contributed by atoms with E-state index in [0.29, 0.717) is 39.3 Å². The molecular weight excluding hydrogens is 311 g/mol. The Morgan fingerprint density at radius 1 is 1.38 bits per heavy atom. The molecule has 2 aromatic rings. The number of rotatable bonds is 2. The van der Waals surface area contributed by atoms with E-state index in [1.807, 2.05) is 0 Å². The van der Waals surface area contributed by atoms with Gasteiger partial charge in [0, 0.05) is 33.0 Å². The highest BCUT2D eigenvalue weighted by Gasteiger charge is 2.23. The zero-order valence-corrected chi connectivity index (χ0v) is 12.9. The van der Waals surface area contributed by atoms with Crippen LogP contribution in [-0.2, 0) is 10.8 Å². The standard InChI is InChI=1S/C14H15FN2O2S2/c15-9-2-1-3-10-11(9)12(16)13(20-10)14(18)17-8-4-6-21(19)7-5-8/h1-3,8H,4-7,16H2,(H,17,18). The molecule has 3 N–H and O–H groups in total. The largest absolute Gasteiger partial charge is 0.397 e. The van der Waals surface area contributed by atoms with Crippen LogP contribution >= 0.6 is 11.3 Å². The minimum Gasteiger partial charge on any atom is -0.397 e. The quantitative estimate of drug-likeness (QED) is 0.889. The van der Waals surface area contributed by atoms with Gasteiger partial charge < -0.3 is 11.1 Å². The lowest BCUT2D eigenvalue weighted by Crippen LogP contribution is -2.39. The van der Waals surface area contributed by atoms with Crippen molar-refractivity contribution >= 4 is 43.8 Å². The van der Waals surface area contributed by atoms with Crippen LogP contribution in [-0.4, -0.2) is 27.7 Å². The highest BCUT2D eigenvalue weighted by Crippen LogP contribution is 2.35. The first-order chi connectivity index (χ1) is 10.1. The number of nitrogens with two attached hydrogens (primary N) is 1. The van der Waals surface area contributed by atoms with E-state index in [2.05, 4.69) is 5.32 Å². The lowest BCUT2D eigenvalue weighted by molar-refractivity contribution is 0.0939. The topological polar surface area (TPSA) is 72.2 Å². The summed E-state index contributed by atoms with van der Waals surface area (Å²) in [6.45, 7) is 0. The van der Waals surface area contributed by atoms with Gasteiger partial charge in [-0.15, -0.1) is 11.3 Å². The van der Waals surface area contributed by atoms with Crippen LogP contribution in [0.2, 0.25) is 0 Å². The molecule has 0 saturated carbocycles. The average Bonchev–Trinajstić information content (AvgIpc) is 2.80. The third kappa shape index (κ3) is 2.80. The molecule has 1 fully saturated rings. The van der Waals surface area contributed by atoms with Gasteiger partial charge >= 0.3 is 0 Å².